The average molecular weight is 351 g/mol. The second-order valence-electron chi connectivity index (χ2n) is 7.58. The topological polar surface area (TPSA) is 0 Å². The van der Waals surface area contributed by atoms with Crippen molar-refractivity contribution in [2.24, 2.45) is 0 Å². The molecule has 134 valence electrons. The lowest BCUT2D eigenvalue weighted by Gasteiger charge is -2.23. The molecular weight excluding hydrogens is 324 g/mol. The van der Waals surface area contributed by atoms with Gasteiger partial charge in [0.1, 0.15) is 0 Å². The van der Waals surface area contributed by atoms with E-state index in [9.17, 15) is 0 Å². The number of hydrogen-bond donors (Lipinski definition) is 0. The molecule has 27 heavy (non-hydrogen) atoms. The molecule has 0 nitrogen and oxygen atoms in total. The standard InChI is InChI=1S/C27H26/c1-20-9-6-14-24(17-20)27(25-15-7-10-21(2)18-25)26-16-8-13-23(26)19-22-11-4-3-5-12-22/h3-15,17-18,27H,16,19H2,1-2H3. The van der Waals surface area contributed by atoms with E-state index in [1.807, 2.05) is 0 Å². The van der Waals surface area contributed by atoms with E-state index in [1.54, 1.807) is 0 Å². The minimum atomic E-state index is 0.318. The van der Waals surface area contributed by atoms with E-state index in [4.69, 9.17) is 0 Å². The summed E-state index contributed by atoms with van der Waals surface area (Å²) in [6, 6.07) is 28.8. The summed E-state index contributed by atoms with van der Waals surface area (Å²) < 4.78 is 0. The van der Waals surface area contributed by atoms with Crippen LogP contribution in [0.1, 0.15) is 40.2 Å². The van der Waals surface area contributed by atoms with Crippen LogP contribution in [0.4, 0.5) is 0 Å². The van der Waals surface area contributed by atoms with Crippen LogP contribution in [0.5, 0.6) is 0 Å². The fourth-order valence-corrected chi connectivity index (χ4v) is 4.15. The molecule has 0 heteroatoms. The van der Waals surface area contributed by atoms with E-state index in [-0.39, 0.29) is 0 Å². The van der Waals surface area contributed by atoms with Gasteiger partial charge in [-0.3, -0.25) is 0 Å². The Kier molecular flexibility index (Phi) is 5.07. The van der Waals surface area contributed by atoms with Gasteiger partial charge in [0.25, 0.3) is 0 Å². The van der Waals surface area contributed by atoms with E-state index in [0.29, 0.717) is 5.92 Å². The molecule has 0 spiro atoms. The van der Waals surface area contributed by atoms with Crippen LogP contribution in [0.3, 0.4) is 0 Å². The summed E-state index contributed by atoms with van der Waals surface area (Å²) in [7, 11) is 0. The Labute approximate surface area is 162 Å². The number of hydrogen-bond acceptors (Lipinski definition) is 0. The van der Waals surface area contributed by atoms with Crippen LogP contribution in [0, 0.1) is 13.8 Å². The number of rotatable bonds is 5. The van der Waals surface area contributed by atoms with Gasteiger partial charge in [-0.25, -0.2) is 0 Å². The Hall–Kier alpha value is -2.86. The smallest absolute Gasteiger partial charge is 0.0308 e. The Morgan fingerprint density at radius 1 is 0.741 bits per heavy atom. The van der Waals surface area contributed by atoms with Gasteiger partial charge in [0.15, 0.2) is 0 Å². The third-order valence-electron chi connectivity index (χ3n) is 5.41. The molecule has 0 atom stereocenters. The summed E-state index contributed by atoms with van der Waals surface area (Å²) in [5.74, 6) is 0.318. The van der Waals surface area contributed by atoms with E-state index in [2.05, 4.69) is 105 Å². The van der Waals surface area contributed by atoms with E-state index < -0.39 is 0 Å². The summed E-state index contributed by atoms with van der Waals surface area (Å²) in [5.41, 5.74) is 9.81. The Bertz CT molecular complexity index is 944. The third kappa shape index (κ3) is 3.95. The summed E-state index contributed by atoms with van der Waals surface area (Å²) >= 11 is 0. The van der Waals surface area contributed by atoms with Crippen LogP contribution in [0.25, 0.3) is 0 Å². The SMILES string of the molecule is Cc1cccc(C(C2=C(Cc3ccccc3)C=CC2)c2cccc(C)c2)c1. The number of allylic oxidation sites excluding steroid dienone is 4. The Morgan fingerprint density at radius 2 is 1.37 bits per heavy atom. The van der Waals surface area contributed by atoms with E-state index in [1.165, 1.54) is 39.0 Å². The molecule has 3 aromatic rings. The van der Waals surface area contributed by atoms with E-state index >= 15 is 0 Å². The first kappa shape index (κ1) is 17.5. The summed E-state index contributed by atoms with van der Waals surface area (Å²) in [5, 5.41) is 0. The van der Waals surface area contributed by atoms with Crippen molar-refractivity contribution in [1.82, 2.24) is 0 Å². The monoisotopic (exact) mass is 350 g/mol. The van der Waals surface area contributed by atoms with Gasteiger partial charge < -0.3 is 0 Å². The molecule has 1 aliphatic rings. The minimum absolute atomic E-state index is 0.318. The van der Waals surface area contributed by atoms with Gasteiger partial charge in [0.05, 0.1) is 0 Å². The van der Waals surface area contributed by atoms with Crippen molar-refractivity contribution in [3.8, 4) is 0 Å². The molecule has 0 unspecified atom stereocenters. The van der Waals surface area contributed by atoms with Crippen LogP contribution in [0.2, 0.25) is 0 Å². The first-order valence-corrected chi connectivity index (χ1v) is 9.76. The van der Waals surface area contributed by atoms with Crippen LogP contribution in [-0.4, -0.2) is 0 Å². The van der Waals surface area contributed by atoms with Gasteiger partial charge in [0, 0.05) is 5.92 Å². The normalized spacial score (nSPS) is 13.6. The molecule has 3 aromatic carbocycles. The fourth-order valence-electron chi connectivity index (χ4n) is 4.15. The molecule has 0 saturated heterocycles. The maximum Gasteiger partial charge on any atom is 0.0308 e. The molecule has 0 aromatic heterocycles. The maximum atomic E-state index is 2.35. The van der Waals surface area contributed by atoms with Gasteiger partial charge in [-0.1, -0.05) is 108 Å². The zero-order valence-corrected chi connectivity index (χ0v) is 16.2. The molecular formula is C27H26. The zero-order chi connectivity index (χ0) is 18.6. The highest BCUT2D eigenvalue weighted by molar-refractivity contribution is 5.50. The van der Waals surface area contributed by atoms with Crippen molar-refractivity contribution in [2.45, 2.75) is 32.6 Å². The average Bonchev–Trinajstić information content (AvgIpc) is 3.11. The molecule has 0 heterocycles. The predicted molar refractivity (Wildman–Crippen MR) is 115 cm³/mol. The minimum Gasteiger partial charge on any atom is -0.0801 e. The molecule has 4 rings (SSSR count). The largest absolute Gasteiger partial charge is 0.0801 e. The van der Waals surface area contributed by atoms with Gasteiger partial charge in [-0.05, 0) is 49.0 Å². The highest BCUT2D eigenvalue weighted by Crippen LogP contribution is 2.39. The fraction of sp³-hybridized carbons (Fsp3) is 0.185. The molecule has 1 aliphatic carbocycles. The second-order valence-corrected chi connectivity index (χ2v) is 7.58. The molecule has 0 bridgehead atoms. The lowest BCUT2D eigenvalue weighted by molar-refractivity contribution is 0.895. The van der Waals surface area contributed by atoms with Gasteiger partial charge in [-0.15, -0.1) is 0 Å². The first-order valence-electron chi connectivity index (χ1n) is 9.76. The second kappa shape index (κ2) is 7.80. The van der Waals surface area contributed by atoms with Gasteiger partial charge in [-0.2, -0.15) is 0 Å². The molecule has 0 aliphatic heterocycles. The summed E-state index contributed by atoms with van der Waals surface area (Å²) in [6.45, 7) is 4.37. The van der Waals surface area contributed by atoms with Crippen molar-refractivity contribution in [3.63, 3.8) is 0 Å². The molecule has 0 fully saturated rings. The van der Waals surface area contributed by atoms with Crippen LogP contribution in [0.15, 0.2) is 102 Å². The highest BCUT2D eigenvalue weighted by Gasteiger charge is 2.23. The van der Waals surface area contributed by atoms with Crippen LogP contribution in [-0.2, 0) is 6.42 Å². The molecule has 0 amide bonds. The van der Waals surface area contributed by atoms with Gasteiger partial charge in [0.2, 0.25) is 0 Å². The van der Waals surface area contributed by atoms with Gasteiger partial charge >= 0.3 is 0 Å². The highest BCUT2D eigenvalue weighted by atomic mass is 14.3. The van der Waals surface area contributed by atoms with Crippen LogP contribution >= 0.6 is 0 Å². The molecule has 0 N–H and O–H groups in total. The lowest BCUT2D eigenvalue weighted by Crippen LogP contribution is -2.07. The zero-order valence-electron chi connectivity index (χ0n) is 16.2. The molecule has 0 saturated carbocycles. The molecule has 0 radical (unpaired) electrons. The first-order chi connectivity index (χ1) is 13.2. The maximum absolute atomic E-state index is 2.35. The Balaban J connectivity index is 1.81. The summed E-state index contributed by atoms with van der Waals surface area (Å²) in [4.78, 5) is 0. The Morgan fingerprint density at radius 3 is 1.96 bits per heavy atom. The van der Waals surface area contributed by atoms with Crippen molar-refractivity contribution in [1.29, 1.82) is 0 Å². The lowest BCUT2D eigenvalue weighted by atomic mass is 9.81. The number of aryl methyl sites for hydroxylation is 2. The number of benzene rings is 3. The summed E-state index contributed by atoms with van der Waals surface area (Å²) in [6.07, 6.45) is 6.70. The van der Waals surface area contributed by atoms with Crippen molar-refractivity contribution < 1.29 is 0 Å². The van der Waals surface area contributed by atoms with Crippen molar-refractivity contribution >= 4 is 0 Å². The van der Waals surface area contributed by atoms with Crippen molar-refractivity contribution in [2.75, 3.05) is 0 Å². The third-order valence-corrected chi connectivity index (χ3v) is 5.41. The van der Waals surface area contributed by atoms with E-state index in [0.717, 1.165) is 12.8 Å². The van der Waals surface area contributed by atoms with Crippen molar-refractivity contribution in [3.05, 3.63) is 130 Å². The quantitative estimate of drug-likeness (QED) is 0.468. The van der Waals surface area contributed by atoms with Crippen LogP contribution < -0.4 is 0 Å². The predicted octanol–water partition coefficient (Wildman–Crippen LogP) is 6.93.